The molecular formula is C22H24ClN7O. The van der Waals surface area contributed by atoms with Crippen LogP contribution < -0.4 is 5.32 Å². The van der Waals surface area contributed by atoms with Gasteiger partial charge in [0.1, 0.15) is 0 Å². The highest BCUT2D eigenvalue weighted by molar-refractivity contribution is 5.85. The summed E-state index contributed by atoms with van der Waals surface area (Å²) in [4.78, 5) is 18.8. The van der Waals surface area contributed by atoms with Gasteiger partial charge in [-0.05, 0) is 30.2 Å². The molecule has 1 amide bonds. The minimum absolute atomic E-state index is 0. The largest absolute Gasteiger partial charge is 0.354 e. The Morgan fingerprint density at radius 3 is 2.74 bits per heavy atom. The molecule has 1 aromatic carbocycles. The third-order valence-electron chi connectivity index (χ3n) is 5.52. The quantitative estimate of drug-likeness (QED) is 0.530. The molecule has 1 saturated heterocycles. The summed E-state index contributed by atoms with van der Waals surface area (Å²) < 4.78 is 3.63. The predicted octanol–water partition coefficient (Wildman–Crippen LogP) is 2.46. The van der Waals surface area contributed by atoms with E-state index >= 15 is 0 Å². The molecule has 31 heavy (non-hydrogen) atoms. The molecule has 160 valence electrons. The van der Waals surface area contributed by atoms with Gasteiger partial charge < -0.3 is 5.32 Å². The smallest absolute Gasteiger partial charge is 0.234 e. The zero-order valence-electron chi connectivity index (χ0n) is 17.4. The van der Waals surface area contributed by atoms with E-state index in [1.807, 2.05) is 36.2 Å². The summed E-state index contributed by atoms with van der Waals surface area (Å²) in [5.41, 5.74) is 7.08. The molecular weight excluding hydrogens is 414 g/mol. The molecule has 3 aromatic heterocycles. The number of aromatic nitrogens is 5. The molecule has 0 saturated carbocycles. The summed E-state index contributed by atoms with van der Waals surface area (Å²) in [6, 6.07) is 8.39. The molecule has 5 rings (SSSR count). The molecule has 0 bridgehead atoms. The molecule has 4 heterocycles. The van der Waals surface area contributed by atoms with Crippen LogP contribution in [0.25, 0.3) is 28.0 Å². The zero-order chi connectivity index (χ0) is 20.7. The van der Waals surface area contributed by atoms with E-state index in [2.05, 4.69) is 45.5 Å². The first-order valence-electron chi connectivity index (χ1n) is 9.99. The average Bonchev–Trinajstić information content (AvgIpc) is 3.37. The zero-order valence-corrected chi connectivity index (χ0v) is 18.3. The average molecular weight is 438 g/mol. The van der Waals surface area contributed by atoms with Gasteiger partial charge in [-0.15, -0.1) is 12.4 Å². The van der Waals surface area contributed by atoms with E-state index in [1.165, 1.54) is 11.1 Å². The predicted molar refractivity (Wildman–Crippen MR) is 121 cm³/mol. The lowest BCUT2D eigenvalue weighted by molar-refractivity contribution is -0.124. The fourth-order valence-electron chi connectivity index (χ4n) is 3.92. The maximum atomic E-state index is 11.7. The van der Waals surface area contributed by atoms with Crippen molar-refractivity contribution in [1.29, 1.82) is 0 Å². The van der Waals surface area contributed by atoms with E-state index in [-0.39, 0.29) is 18.3 Å². The molecule has 9 heteroatoms. The van der Waals surface area contributed by atoms with Crippen LogP contribution in [0, 0.1) is 6.92 Å². The number of nitrogens with zero attached hydrogens (tertiary/aromatic N) is 6. The molecule has 1 aliphatic rings. The second-order valence-corrected chi connectivity index (χ2v) is 7.74. The van der Waals surface area contributed by atoms with Crippen LogP contribution in [0.1, 0.15) is 11.1 Å². The third kappa shape index (κ3) is 4.17. The second kappa shape index (κ2) is 8.49. The maximum absolute atomic E-state index is 11.7. The minimum atomic E-state index is 0. The number of nitrogens with one attached hydrogen (secondary N) is 1. The SMILES string of the molecule is Cc1cc(-c2nc(-c3cnn(C)c3)cn3nccc23)ccc1CN1CCNC(=O)C1.Cl. The van der Waals surface area contributed by atoms with E-state index in [0.717, 1.165) is 41.1 Å². The van der Waals surface area contributed by atoms with Crippen molar-refractivity contribution in [3.8, 4) is 22.5 Å². The number of halogens is 1. The number of benzene rings is 1. The minimum Gasteiger partial charge on any atom is -0.354 e. The summed E-state index contributed by atoms with van der Waals surface area (Å²) in [5.74, 6) is 0.0927. The van der Waals surface area contributed by atoms with E-state index in [1.54, 1.807) is 10.9 Å². The van der Waals surface area contributed by atoms with Crippen LogP contribution in [0.2, 0.25) is 0 Å². The van der Waals surface area contributed by atoms with Crippen molar-refractivity contribution in [3.05, 3.63) is 60.2 Å². The van der Waals surface area contributed by atoms with Crippen LogP contribution in [0.3, 0.4) is 0 Å². The van der Waals surface area contributed by atoms with Gasteiger partial charge in [-0.1, -0.05) is 12.1 Å². The van der Waals surface area contributed by atoms with Crippen molar-refractivity contribution < 1.29 is 4.79 Å². The fourth-order valence-corrected chi connectivity index (χ4v) is 3.92. The first kappa shape index (κ1) is 21.0. The van der Waals surface area contributed by atoms with Crippen LogP contribution >= 0.6 is 12.4 Å². The van der Waals surface area contributed by atoms with Gasteiger partial charge in [-0.2, -0.15) is 10.2 Å². The third-order valence-corrected chi connectivity index (χ3v) is 5.52. The van der Waals surface area contributed by atoms with Crippen molar-refractivity contribution in [1.82, 2.24) is 34.6 Å². The summed E-state index contributed by atoms with van der Waals surface area (Å²) in [6.07, 6.45) is 7.48. The molecule has 1 fully saturated rings. The van der Waals surface area contributed by atoms with Crippen molar-refractivity contribution in [2.45, 2.75) is 13.5 Å². The molecule has 1 aliphatic heterocycles. The molecule has 0 spiro atoms. The number of hydrogen-bond acceptors (Lipinski definition) is 5. The lowest BCUT2D eigenvalue weighted by atomic mass is 10.0. The molecule has 1 N–H and O–H groups in total. The Kier molecular flexibility index (Phi) is 5.75. The number of aryl methyl sites for hydroxylation is 2. The highest BCUT2D eigenvalue weighted by Gasteiger charge is 2.18. The Labute approximate surface area is 186 Å². The van der Waals surface area contributed by atoms with Crippen LogP contribution in [-0.4, -0.2) is 54.8 Å². The lowest BCUT2D eigenvalue weighted by Crippen LogP contribution is -2.47. The molecule has 0 atom stereocenters. The van der Waals surface area contributed by atoms with E-state index < -0.39 is 0 Å². The van der Waals surface area contributed by atoms with Gasteiger partial charge in [0.2, 0.25) is 5.91 Å². The van der Waals surface area contributed by atoms with Gasteiger partial charge >= 0.3 is 0 Å². The Morgan fingerprint density at radius 1 is 1.13 bits per heavy atom. The van der Waals surface area contributed by atoms with E-state index in [4.69, 9.17) is 4.98 Å². The number of carbonyl (C=O) groups is 1. The van der Waals surface area contributed by atoms with Gasteiger partial charge in [-0.25, -0.2) is 9.50 Å². The van der Waals surface area contributed by atoms with Crippen LogP contribution in [0.4, 0.5) is 0 Å². The second-order valence-electron chi connectivity index (χ2n) is 7.74. The monoisotopic (exact) mass is 437 g/mol. The lowest BCUT2D eigenvalue weighted by Gasteiger charge is -2.27. The number of fused-ring (bicyclic) bond motifs is 1. The van der Waals surface area contributed by atoms with Crippen LogP contribution in [0.5, 0.6) is 0 Å². The maximum Gasteiger partial charge on any atom is 0.234 e. The number of amides is 1. The Hall–Kier alpha value is -3.23. The Bertz CT molecular complexity index is 1250. The normalized spacial score (nSPS) is 14.5. The summed E-state index contributed by atoms with van der Waals surface area (Å²) in [5, 5.41) is 11.6. The highest BCUT2D eigenvalue weighted by atomic mass is 35.5. The first-order chi connectivity index (χ1) is 14.6. The first-order valence-corrected chi connectivity index (χ1v) is 9.99. The molecule has 4 aromatic rings. The summed E-state index contributed by atoms with van der Waals surface area (Å²) in [6.45, 7) is 4.91. The number of piperazine rings is 1. The number of carbonyl (C=O) groups excluding carboxylic acids is 1. The molecule has 0 unspecified atom stereocenters. The number of rotatable bonds is 4. The highest BCUT2D eigenvalue weighted by Crippen LogP contribution is 2.28. The summed E-state index contributed by atoms with van der Waals surface area (Å²) >= 11 is 0. The fraction of sp³-hybridized carbons (Fsp3) is 0.273. The number of hydrogen-bond donors (Lipinski definition) is 1. The molecule has 8 nitrogen and oxygen atoms in total. The Morgan fingerprint density at radius 2 is 2.00 bits per heavy atom. The van der Waals surface area contributed by atoms with Crippen LogP contribution in [0.15, 0.2) is 49.1 Å². The Balaban J connectivity index is 0.00000231. The van der Waals surface area contributed by atoms with Crippen molar-refractivity contribution >= 4 is 23.8 Å². The van der Waals surface area contributed by atoms with E-state index in [0.29, 0.717) is 13.1 Å². The van der Waals surface area contributed by atoms with Crippen LogP contribution in [-0.2, 0) is 18.4 Å². The summed E-state index contributed by atoms with van der Waals surface area (Å²) in [7, 11) is 1.89. The van der Waals surface area contributed by atoms with Gasteiger partial charge in [0, 0.05) is 44.0 Å². The van der Waals surface area contributed by atoms with Crippen molar-refractivity contribution in [2.24, 2.45) is 7.05 Å². The van der Waals surface area contributed by atoms with E-state index in [9.17, 15) is 4.79 Å². The molecule has 0 radical (unpaired) electrons. The van der Waals surface area contributed by atoms with Gasteiger partial charge in [-0.3, -0.25) is 14.4 Å². The van der Waals surface area contributed by atoms with Gasteiger partial charge in [0.05, 0.1) is 42.0 Å². The van der Waals surface area contributed by atoms with Crippen molar-refractivity contribution in [2.75, 3.05) is 19.6 Å². The van der Waals surface area contributed by atoms with Crippen molar-refractivity contribution in [3.63, 3.8) is 0 Å². The molecule has 0 aliphatic carbocycles. The van der Waals surface area contributed by atoms with Gasteiger partial charge in [0.25, 0.3) is 0 Å². The standard InChI is InChI=1S/C22H23N7O.ClH/c1-15-9-16(3-4-17(15)12-28-8-7-23-21(30)14-28)22-20-5-6-24-29(20)13-19(26-22)18-10-25-27(2)11-18;/h3-6,9-11,13H,7-8,12,14H2,1-2H3,(H,23,30);1H. The topological polar surface area (TPSA) is 80.4 Å². The van der Waals surface area contributed by atoms with Gasteiger partial charge in [0.15, 0.2) is 0 Å².